The molecule has 0 aliphatic carbocycles. The molecule has 25 heavy (non-hydrogen) atoms. The van der Waals surface area contributed by atoms with E-state index in [-0.39, 0.29) is 11.4 Å². The van der Waals surface area contributed by atoms with Crippen molar-refractivity contribution in [2.24, 2.45) is 0 Å². The first kappa shape index (κ1) is 16.8. The summed E-state index contributed by atoms with van der Waals surface area (Å²) in [7, 11) is 2.22. The van der Waals surface area contributed by atoms with Crippen molar-refractivity contribution in [3.05, 3.63) is 29.3 Å². The van der Waals surface area contributed by atoms with Gasteiger partial charge in [0, 0.05) is 55.8 Å². The van der Waals surface area contributed by atoms with Crippen molar-refractivity contribution in [1.29, 1.82) is 0 Å². The number of H-pyrrole nitrogens is 1. The predicted octanol–water partition coefficient (Wildman–Crippen LogP) is 1.92. The summed E-state index contributed by atoms with van der Waals surface area (Å²) >= 11 is 1.83. The fourth-order valence-electron chi connectivity index (χ4n) is 4.03. The summed E-state index contributed by atoms with van der Waals surface area (Å²) in [6.45, 7) is 4.95. The van der Waals surface area contributed by atoms with Crippen molar-refractivity contribution in [2.75, 3.05) is 33.2 Å². The Kier molecular flexibility index (Phi) is 4.62. The smallest absolute Gasteiger partial charge is 0.220 e. The average Bonchev–Trinajstić information content (AvgIpc) is 3.24. The summed E-state index contributed by atoms with van der Waals surface area (Å²) in [5.74, 6) is 0.199. The molecule has 1 spiro atoms. The van der Waals surface area contributed by atoms with Crippen LogP contribution in [0.5, 0.6) is 0 Å². The summed E-state index contributed by atoms with van der Waals surface area (Å²) in [6.07, 6.45) is 4.42. The molecule has 1 amide bonds. The molecule has 0 unspecified atom stereocenters. The van der Waals surface area contributed by atoms with Crippen molar-refractivity contribution in [3.63, 3.8) is 0 Å². The number of hydrogen-bond donors (Lipinski definition) is 2. The SMILES string of the molecule is CN1CCN(Cc2ccc(-c3ccn[nH]3)s2)C[C@@]12CCNC(=O)CC2. The molecule has 2 aliphatic rings. The van der Waals surface area contributed by atoms with Crippen LogP contribution in [0.25, 0.3) is 10.6 Å². The van der Waals surface area contributed by atoms with Gasteiger partial charge in [-0.2, -0.15) is 5.10 Å². The Morgan fingerprint density at radius 2 is 2.20 bits per heavy atom. The largest absolute Gasteiger partial charge is 0.356 e. The van der Waals surface area contributed by atoms with Gasteiger partial charge in [0.25, 0.3) is 0 Å². The standard InChI is InChI=1S/C18H25N5OS/c1-22-10-11-23(13-18(22)6-4-17(24)19-9-7-18)12-14-2-3-16(25-14)15-5-8-20-21-15/h2-3,5,8H,4,6-7,9-13H2,1H3,(H,19,24)(H,20,21)/t18-/m1/s1. The summed E-state index contributed by atoms with van der Waals surface area (Å²) in [5, 5.41) is 10.1. The Morgan fingerprint density at radius 3 is 3.04 bits per heavy atom. The number of amides is 1. The number of aromatic amines is 1. The Bertz CT molecular complexity index is 728. The lowest BCUT2D eigenvalue weighted by Gasteiger charge is -2.49. The van der Waals surface area contributed by atoms with Gasteiger partial charge in [-0.3, -0.25) is 19.7 Å². The van der Waals surface area contributed by atoms with E-state index in [2.05, 4.69) is 44.5 Å². The third-order valence-corrected chi connectivity index (χ3v) is 6.72. The number of likely N-dealkylation sites (N-methyl/N-ethyl adjacent to an activating group) is 1. The summed E-state index contributed by atoms with van der Waals surface area (Å²) in [5.41, 5.74) is 1.21. The molecule has 2 N–H and O–H groups in total. The fraction of sp³-hybridized carbons (Fsp3) is 0.556. The van der Waals surface area contributed by atoms with Gasteiger partial charge in [-0.25, -0.2) is 0 Å². The molecular formula is C18H25N5OS. The Hall–Kier alpha value is -1.70. The number of hydrogen-bond acceptors (Lipinski definition) is 5. The van der Waals surface area contributed by atoms with Crippen LogP contribution >= 0.6 is 11.3 Å². The van der Waals surface area contributed by atoms with Gasteiger partial charge in [0.15, 0.2) is 0 Å². The molecule has 2 aromatic heterocycles. The molecular weight excluding hydrogens is 334 g/mol. The number of rotatable bonds is 3. The lowest BCUT2D eigenvalue weighted by molar-refractivity contribution is -0.121. The normalized spacial score (nSPS) is 25.9. The number of aromatic nitrogens is 2. The molecule has 0 saturated carbocycles. The molecule has 0 radical (unpaired) electrons. The van der Waals surface area contributed by atoms with Crippen LogP contribution in [0.15, 0.2) is 24.4 Å². The van der Waals surface area contributed by atoms with Crippen LogP contribution in [0.3, 0.4) is 0 Å². The topological polar surface area (TPSA) is 64.3 Å². The van der Waals surface area contributed by atoms with Crippen molar-refractivity contribution in [2.45, 2.75) is 31.3 Å². The van der Waals surface area contributed by atoms with Crippen molar-refractivity contribution < 1.29 is 4.79 Å². The minimum Gasteiger partial charge on any atom is -0.356 e. The maximum absolute atomic E-state index is 11.8. The molecule has 134 valence electrons. The van der Waals surface area contributed by atoms with Gasteiger partial charge in [0.05, 0.1) is 10.6 Å². The van der Waals surface area contributed by atoms with E-state index in [1.165, 1.54) is 9.75 Å². The Balaban J connectivity index is 1.45. The van der Waals surface area contributed by atoms with E-state index >= 15 is 0 Å². The number of nitrogens with one attached hydrogen (secondary N) is 2. The second-order valence-corrected chi connectivity index (χ2v) is 8.36. The molecule has 2 saturated heterocycles. The molecule has 4 heterocycles. The summed E-state index contributed by atoms with van der Waals surface area (Å²) < 4.78 is 0. The molecule has 2 aromatic rings. The van der Waals surface area contributed by atoms with E-state index in [1.54, 1.807) is 6.20 Å². The van der Waals surface area contributed by atoms with Gasteiger partial charge in [0.1, 0.15) is 0 Å². The van der Waals surface area contributed by atoms with Crippen molar-refractivity contribution in [1.82, 2.24) is 25.3 Å². The number of carbonyl (C=O) groups is 1. The molecule has 2 aliphatic heterocycles. The predicted molar refractivity (Wildman–Crippen MR) is 99.4 cm³/mol. The Morgan fingerprint density at radius 1 is 1.28 bits per heavy atom. The van der Waals surface area contributed by atoms with Gasteiger partial charge >= 0.3 is 0 Å². The second-order valence-electron chi connectivity index (χ2n) is 7.19. The quantitative estimate of drug-likeness (QED) is 0.879. The number of nitrogens with zero attached hydrogens (tertiary/aromatic N) is 3. The van der Waals surface area contributed by atoms with E-state index in [9.17, 15) is 4.79 Å². The maximum Gasteiger partial charge on any atom is 0.220 e. The summed E-state index contributed by atoms with van der Waals surface area (Å²) in [4.78, 5) is 19.4. The van der Waals surface area contributed by atoms with E-state index in [0.717, 1.165) is 51.3 Å². The van der Waals surface area contributed by atoms with Gasteiger partial charge in [0.2, 0.25) is 5.91 Å². The fourth-order valence-corrected chi connectivity index (χ4v) is 5.06. The van der Waals surface area contributed by atoms with E-state index in [1.807, 2.05) is 17.4 Å². The average molecular weight is 359 g/mol. The monoisotopic (exact) mass is 359 g/mol. The van der Waals surface area contributed by atoms with Crippen LogP contribution in [0.2, 0.25) is 0 Å². The number of thiophene rings is 1. The minimum atomic E-state index is 0.126. The molecule has 0 bridgehead atoms. The second kappa shape index (κ2) is 6.90. The van der Waals surface area contributed by atoms with Crippen LogP contribution in [-0.4, -0.2) is 64.7 Å². The van der Waals surface area contributed by atoms with Crippen LogP contribution in [0, 0.1) is 0 Å². The lowest BCUT2D eigenvalue weighted by Crippen LogP contribution is -2.60. The van der Waals surface area contributed by atoms with E-state index < -0.39 is 0 Å². The number of piperazine rings is 1. The van der Waals surface area contributed by atoms with E-state index in [0.29, 0.717) is 6.42 Å². The number of carbonyl (C=O) groups excluding carboxylic acids is 1. The third kappa shape index (κ3) is 3.49. The van der Waals surface area contributed by atoms with E-state index in [4.69, 9.17) is 0 Å². The molecule has 2 fully saturated rings. The van der Waals surface area contributed by atoms with Crippen LogP contribution < -0.4 is 5.32 Å². The van der Waals surface area contributed by atoms with Crippen LogP contribution in [0.4, 0.5) is 0 Å². The van der Waals surface area contributed by atoms with Crippen molar-refractivity contribution >= 4 is 17.2 Å². The Labute approximate surface area is 152 Å². The van der Waals surface area contributed by atoms with Gasteiger partial charge in [-0.1, -0.05) is 0 Å². The zero-order chi connectivity index (χ0) is 17.3. The van der Waals surface area contributed by atoms with Crippen molar-refractivity contribution in [3.8, 4) is 10.6 Å². The van der Waals surface area contributed by atoms with Gasteiger partial charge in [-0.05, 0) is 38.1 Å². The van der Waals surface area contributed by atoms with Crippen LogP contribution in [0.1, 0.15) is 24.1 Å². The highest BCUT2D eigenvalue weighted by Crippen LogP contribution is 2.32. The molecule has 6 nitrogen and oxygen atoms in total. The third-order valence-electron chi connectivity index (χ3n) is 5.62. The van der Waals surface area contributed by atoms with Gasteiger partial charge in [-0.15, -0.1) is 11.3 Å². The first-order valence-corrected chi connectivity index (χ1v) is 9.75. The van der Waals surface area contributed by atoms with Crippen LogP contribution in [-0.2, 0) is 11.3 Å². The first-order chi connectivity index (χ1) is 12.1. The first-order valence-electron chi connectivity index (χ1n) is 8.93. The maximum atomic E-state index is 11.8. The molecule has 7 heteroatoms. The highest BCUT2D eigenvalue weighted by atomic mass is 32.1. The highest BCUT2D eigenvalue weighted by molar-refractivity contribution is 7.15. The molecule has 0 aromatic carbocycles. The summed E-state index contributed by atoms with van der Waals surface area (Å²) in [6, 6.07) is 6.41. The van der Waals surface area contributed by atoms with Gasteiger partial charge < -0.3 is 5.32 Å². The lowest BCUT2D eigenvalue weighted by atomic mass is 9.86. The highest BCUT2D eigenvalue weighted by Gasteiger charge is 2.40. The zero-order valence-corrected chi connectivity index (χ0v) is 15.4. The minimum absolute atomic E-state index is 0.126. The molecule has 4 rings (SSSR count). The zero-order valence-electron chi connectivity index (χ0n) is 14.6. The molecule has 1 atom stereocenters.